The number of amides is 1. The Kier molecular flexibility index (Phi) is 7.54. The van der Waals surface area contributed by atoms with Gasteiger partial charge in [-0.15, -0.1) is 6.58 Å². The van der Waals surface area contributed by atoms with Crippen molar-refractivity contribution in [2.75, 3.05) is 26.1 Å². The van der Waals surface area contributed by atoms with E-state index in [0.29, 0.717) is 35.3 Å². The van der Waals surface area contributed by atoms with Crippen molar-refractivity contribution in [3.63, 3.8) is 0 Å². The first-order valence-electron chi connectivity index (χ1n) is 10.3. The number of methoxy groups -OCH3 is 2. The molecule has 0 aliphatic heterocycles. The van der Waals surface area contributed by atoms with Crippen LogP contribution in [-0.4, -0.2) is 31.9 Å². The Hall–Kier alpha value is -3.74. The molecule has 0 saturated carbocycles. The van der Waals surface area contributed by atoms with E-state index in [2.05, 4.69) is 16.9 Å². The molecule has 1 aromatic heterocycles. The van der Waals surface area contributed by atoms with Gasteiger partial charge in [0.2, 0.25) is 0 Å². The monoisotopic (exact) mass is 436 g/mol. The van der Waals surface area contributed by atoms with E-state index in [4.69, 9.17) is 18.9 Å². The summed E-state index contributed by atoms with van der Waals surface area (Å²) in [6, 6.07) is 9.21. The van der Waals surface area contributed by atoms with Crippen LogP contribution < -0.4 is 19.5 Å². The van der Waals surface area contributed by atoms with E-state index in [1.807, 2.05) is 38.1 Å². The third-order valence-electron chi connectivity index (χ3n) is 4.97. The third kappa shape index (κ3) is 5.29. The second-order valence-electron chi connectivity index (χ2n) is 7.26. The molecule has 1 N–H and O–H groups in total. The van der Waals surface area contributed by atoms with Crippen LogP contribution in [-0.2, 0) is 4.74 Å². The molecule has 32 heavy (non-hydrogen) atoms. The average molecular weight is 437 g/mol. The lowest BCUT2D eigenvalue weighted by Crippen LogP contribution is -2.15. The summed E-state index contributed by atoms with van der Waals surface area (Å²) in [5.41, 5.74) is 3.12. The molecular weight excluding hydrogens is 408 g/mol. The molecule has 7 heteroatoms. The highest BCUT2D eigenvalue weighted by Gasteiger charge is 2.14. The fourth-order valence-electron chi connectivity index (χ4n) is 3.23. The smallest absolute Gasteiger partial charge is 0.411 e. The van der Waals surface area contributed by atoms with Crippen molar-refractivity contribution in [3.05, 3.63) is 60.3 Å². The van der Waals surface area contributed by atoms with Gasteiger partial charge in [-0.05, 0) is 62.1 Å². The van der Waals surface area contributed by atoms with Crippen LogP contribution in [0.25, 0.3) is 10.9 Å². The van der Waals surface area contributed by atoms with Gasteiger partial charge >= 0.3 is 6.09 Å². The molecule has 0 bridgehead atoms. The van der Waals surface area contributed by atoms with Gasteiger partial charge in [0.15, 0.2) is 11.5 Å². The number of benzene rings is 2. The van der Waals surface area contributed by atoms with Gasteiger partial charge in [-0.25, -0.2) is 4.79 Å². The number of nitrogens with zero attached hydrogens (tertiary/aromatic N) is 1. The second-order valence-corrected chi connectivity index (χ2v) is 7.26. The molecule has 3 aromatic rings. The number of anilines is 1. The van der Waals surface area contributed by atoms with Crippen molar-refractivity contribution >= 4 is 22.7 Å². The highest BCUT2D eigenvalue weighted by molar-refractivity contribution is 5.89. The number of carbonyl (C=O) groups is 1. The highest BCUT2D eigenvalue weighted by atomic mass is 16.5. The maximum atomic E-state index is 12.1. The SMILES string of the molecule is C=CCCCOC(=O)Nc1cc(C)c(Oc2ccnc3cc(OC)c(OC)cc23)cc1C. The minimum absolute atomic E-state index is 0.348. The molecule has 1 heterocycles. The first kappa shape index (κ1) is 22.9. The lowest BCUT2D eigenvalue weighted by molar-refractivity contribution is 0.160. The van der Waals surface area contributed by atoms with Crippen LogP contribution in [0.1, 0.15) is 24.0 Å². The Morgan fingerprint density at radius 1 is 1.03 bits per heavy atom. The number of hydrogen-bond acceptors (Lipinski definition) is 6. The lowest BCUT2D eigenvalue weighted by atomic mass is 10.1. The highest BCUT2D eigenvalue weighted by Crippen LogP contribution is 2.38. The van der Waals surface area contributed by atoms with Gasteiger partial charge in [0, 0.05) is 23.3 Å². The molecule has 0 saturated heterocycles. The zero-order valence-electron chi connectivity index (χ0n) is 18.9. The predicted octanol–water partition coefficient (Wildman–Crippen LogP) is 6.18. The number of pyridine rings is 1. The van der Waals surface area contributed by atoms with Crippen molar-refractivity contribution in [2.24, 2.45) is 0 Å². The first-order chi connectivity index (χ1) is 15.5. The maximum absolute atomic E-state index is 12.1. The fraction of sp³-hybridized carbons (Fsp3) is 0.280. The minimum Gasteiger partial charge on any atom is -0.493 e. The zero-order valence-corrected chi connectivity index (χ0v) is 18.9. The third-order valence-corrected chi connectivity index (χ3v) is 4.97. The van der Waals surface area contributed by atoms with Gasteiger partial charge in [0.05, 0.1) is 26.3 Å². The number of unbranched alkanes of at least 4 members (excludes halogenated alkanes) is 1. The summed E-state index contributed by atoms with van der Waals surface area (Å²) in [7, 11) is 3.17. The maximum Gasteiger partial charge on any atom is 0.411 e. The summed E-state index contributed by atoms with van der Waals surface area (Å²) in [5.74, 6) is 2.51. The van der Waals surface area contributed by atoms with Crippen LogP contribution in [0.2, 0.25) is 0 Å². The Labute approximate surface area is 188 Å². The predicted molar refractivity (Wildman–Crippen MR) is 125 cm³/mol. The average Bonchev–Trinajstić information content (AvgIpc) is 2.79. The van der Waals surface area contributed by atoms with Crippen molar-refractivity contribution < 1.29 is 23.7 Å². The minimum atomic E-state index is -0.480. The quantitative estimate of drug-likeness (QED) is 0.319. The Morgan fingerprint density at radius 3 is 2.50 bits per heavy atom. The number of hydrogen-bond donors (Lipinski definition) is 1. The van der Waals surface area contributed by atoms with Crippen LogP contribution >= 0.6 is 0 Å². The van der Waals surface area contributed by atoms with E-state index in [-0.39, 0.29) is 0 Å². The van der Waals surface area contributed by atoms with E-state index >= 15 is 0 Å². The molecule has 1 amide bonds. The van der Waals surface area contributed by atoms with Crippen LogP contribution in [0.4, 0.5) is 10.5 Å². The molecule has 0 aliphatic rings. The molecule has 0 radical (unpaired) electrons. The molecule has 0 aliphatic carbocycles. The Bertz CT molecular complexity index is 1130. The van der Waals surface area contributed by atoms with Crippen LogP contribution in [0, 0.1) is 13.8 Å². The number of carbonyl (C=O) groups excluding carboxylic acids is 1. The second kappa shape index (κ2) is 10.5. The Morgan fingerprint density at radius 2 is 1.78 bits per heavy atom. The summed E-state index contributed by atoms with van der Waals surface area (Å²) >= 11 is 0. The number of allylic oxidation sites excluding steroid dienone is 1. The van der Waals surface area contributed by atoms with Crippen molar-refractivity contribution in [3.8, 4) is 23.0 Å². The van der Waals surface area contributed by atoms with E-state index in [9.17, 15) is 4.79 Å². The van der Waals surface area contributed by atoms with Gasteiger partial charge in [0.1, 0.15) is 11.5 Å². The number of aromatic nitrogens is 1. The summed E-state index contributed by atoms with van der Waals surface area (Å²) < 4.78 is 22.2. The normalized spacial score (nSPS) is 10.5. The number of nitrogens with one attached hydrogen (secondary N) is 1. The van der Waals surface area contributed by atoms with Crippen LogP contribution in [0.3, 0.4) is 0 Å². The molecule has 3 rings (SSSR count). The number of aryl methyl sites for hydroxylation is 2. The van der Waals surface area contributed by atoms with Gasteiger partial charge in [0.25, 0.3) is 0 Å². The van der Waals surface area contributed by atoms with Gasteiger partial charge in [-0.1, -0.05) is 6.08 Å². The fourth-order valence-corrected chi connectivity index (χ4v) is 3.23. The van der Waals surface area contributed by atoms with Gasteiger partial charge in [-0.3, -0.25) is 10.3 Å². The van der Waals surface area contributed by atoms with Crippen LogP contribution in [0.5, 0.6) is 23.0 Å². The molecule has 7 nitrogen and oxygen atoms in total. The largest absolute Gasteiger partial charge is 0.493 e. The lowest BCUT2D eigenvalue weighted by Gasteiger charge is -2.16. The van der Waals surface area contributed by atoms with E-state index in [1.54, 1.807) is 32.6 Å². The van der Waals surface area contributed by atoms with Gasteiger partial charge in [-0.2, -0.15) is 0 Å². The molecule has 168 valence electrons. The molecule has 2 aromatic carbocycles. The standard InChI is InChI=1S/C25H28N2O5/c1-6-7-8-11-31-25(28)27-19-12-17(3)22(13-16(19)2)32-21-9-10-26-20-15-24(30-5)23(29-4)14-18(20)21/h6,9-10,12-15H,1,7-8,11H2,2-5H3,(H,27,28). The molecule has 0 atom stereocenters. The summed E-state index contributed by atoms with van der Waals surface area (Å²) in [4.78, 5) is 16.5. The van der Waals surface area contributed by atoms with Crippen molar-refractivity contribution in [1.29, 1.82) is 0 Å². The van der Waals surface area contributed by atoms with Crippen molar-refractivity contribution in [2.45, 2.75) is 26.7 Å². The summed E-state index contributed by atoms with van der Waals surface area (Å²) in [6.45, 7) is 7.82. The molecular formula is C25H28N2O5. The first-order valence-corrected chi connectivity index (χ1v) is 10.3. The van der Waals surface area contributed by atoms with E-state index in [1.165, 1.54) is 0 Å². The summed E-state index contributed by atoms with van der Waals surface area (Å²) in [5, 5.41) is 3.59. The zero-order chi connectivity index (χ0) is 23.1. The van der Waals surface area contributed by atoms with E-state index < -0.39 is 6.09 Å². The summed E-state index contributed by atoms with van der Waals surface area (Å²) in [6.07, 6.45) is 4.56. The van der Waals surface area contributed by atoms with Crippen LogP contribution in [0.15, 0.2) is 49.2 Å². The van der Waals surface area contributed by atoms with Crippen molar-refractivity contribution in [1.82, 2.24) is 4.98 Å². The van der Waals surface area contributed by atoms with E-state index in [0.717, 1.165) is 34.9 Å². The molecule has 0 fully saturated rings. The number of ether oxygens (including phenoxy) is 4. The number of rotatable bonds is 9. The topological polar surface area (TPSA) is 78.9 Å². The number of fused-ring (bicyclic) bond motifs is 1. The molecule has 0 spiro atoms. The van der Waals surface area contributed by atoms with Gasteiger partial charge < -0.3 is 18.9 Å². The Balaban J connectivity index is 1.82. The molecule has 0 unspecified atom stereocenters.